The minimum Gasteiger partial charge on any atom is -0.435 e. The Morgan fingerprint density at radius 1 is 1.28 bits per heavy atom. The van der Waals surface area contributed by atoms with E-state index in [1.807, 2.05) is 0 Å². The minimum atomic E-state index is -2.94. The maximum absolute atomic E-state index is 14.3. The molecule has 1 aromatic carbocycles. The minimum absolute atomic E-state index is 0.0172. The molecule has 1 aliphatic carbocycles. The number of rotatable bonds is 4. The van der Waals surface area contributed by atoms with Gasteiger partial charge in [-0.15, -0.1) is 11.3 Å². The van der Waals surface area contributed by atoms with Crippen molar-refractivity contribution < 1.29 is 22.4 Å². The summed E-state index contributed by atoms with van der Waals surface area (Å²) >= 11 is 1.24. The highest BCUT2D eigenvalue weighted by Crippen LogP contribution is 2.43. The monoisotopic (exact) mass is 459 g/mol. The van der Waals surface area contributed by atoms with Gasteiger partial charge in [-0.3, -0.25) is 4.79 Å². The molecule has 7 nitrogen and oxygen atoms in total. The lowest BCUT2D eigenvalue weighted by Crippen LogP contribution is -2.41. The molecule has 1 fully saturated rings. The molecule has 4 aromatic rings. The van der Waals surface area contributed by atoms with Crippen molar-refractivity contribution in [2.75, 3.05) is 6.54 Å². The van der Waals surface area contributed by atoms with Crippen molar-refractivity contribution in [1.29, 1.82) is 0 Å². The summed E-state index contributed by atoms with van der Waals surface area (Å²) in [6.07, 6.45) is 0.647. The van der Waals surface area contributed by atoms with Gasteiger partial charge in [0.25, 0.3) is 12.3 Å². The SMILES string of the molecule is O=C(c1oc(C2CC2)nc1C(F)F)N1CCc2[nH]cnc2[C@H]1c1nc2c(F)cccc2s1. The third kappa shape index (κ3) is 3.02. The molecule has 1 amide bonds. The van der Waals surface area contributed by atoms with Gasteiger partial charge in [0, 0.05) is 24.6 Å². The van der Waals surface area contributed by atoms with Gasteiger partial charge < -0.3 is 14.3 Å². The third-order valence-corrected chi connectivity index (χ3v) is 6.88. The molecule has 32 heavy (non-hydrogen) atoms. The number of H-pyrrole nitrogens is 1. The van der Waals surface area contributed by atoms with Crippen molar-refractivity contribution in [3.8, 4) is 0 Å². The van der Waals surface area contributed by atoms with Crippen molar-refractivity contribution >= 4 is 27.5 Å². The van der Waals surface area contributed by atoms with E-state index in [0.29, 0.717) is 21.8 Å². The first-order valence-electron chi connectivity index (χ1n) is 10.2. The number of hydrogen-bond acceptors (Lipinski definition) is 6. The van der Waals surface area contributed by atoms with Crippen LogP contribution in [0, 0.1) is 5.82 Å². The number of nitrogens with one attached hydrogen (secondary N) is 1. The molecule has 6 rings (SSSR count). The fourth-order valence-electron chi connectivity index (χ4n) is 4.08. The fourth-order valence-corrected chi connectivity index (χ4v) is 5.18. The summed E-state index contributed by atoms with van der Waals surface area (Å²) < 4.78 is 47.8. The molecule has 0 bridgehead atoms. The predicted molar refractivity (Wildman–Crippen MR) is 108 cm³/mol. The number of amides is 1. The van der Waals surface area contributed by atoms with Crippen molar-refractivity contribution in [2.45, 2.75) is 37.6 Å². The highest BCUT2D eigenvalue weighted by Gasteiger charge is 2.41. The summed E-state index contributed by atoms with van der Waals surface area (Å²) in [5.41, 5.74) is 0.944. The zero-order valence-electron chi connectivity index (χ0n) is 16.5. The standard InChI is InChI=1S/C21H16F3N5O2S/c22-10-2-1-3-12-13(10)28-20(32-12)16-14-11(25-8-26-14)6-7-29(16)21(30)17-15(18(23)24)27-19(31-17)9-4-5-9/h1-3,8-9,16,18H,4-7H2,(H,25,26)/t16-/m0/s1. The van der Waals surface area contributed by atoms with E-state index in [9.17, 15) is 18.0 Å². The number of imidazole rings is 1. The highest BCUT2D eigenvalue weighted by atomic mass is 32.1. The number of halogens is 3. The van der Waals surface area contributed by atoms with E-state index in [2.05, 4.69) is 19.9 Å². The molecular weight excluding hydrogens is 443 g/mol. The molecule has 11 heteroatoms. The lowest BCUT2D eigenvalue weighted by molar-refractivity contribution is 0.0641. The van der Waals surface area contributed by atoms with E-state index in [-0.39, 0.29) is 23.9 Å². The van der Waals surface area contributed by atoms with Gasteiger partial charge in [-0.2, -0.15) is 0 Å². The van der Waals surface area contributed by atoms with Gasteiger partial charge in [0.1, 0.15) is 22.4 Å². The summed E-state index contributed by atoms with van der Waals surface area (Å²) in [6.45, 7) is 0.235. The van der Waals surface area contributed by atoms with Crippen molar-refractivity contribution in [3.63, 3.8) is 0 Å². The molecule has 1 aliphatic heterocycles. The van der Waals surface area contributed by atoms with Crippen molar-refractivity contribution in [2.24, 2.45) is 0 Å². The summed E-state index contributed by atoms with van der Waals surface area (Å²) in [4.78, 5) is 30.7. The number of fused-ring (bicyclic) bond motifs is 2. The second-order valence-electron chi connectivity index (χ2n) is 7.90. The second-order valence-corrected chi connectivity index (χ2v) is 8.96. The summed E-state index contributed by atoms with van der Waals surface area (Å²) in [6, 6.07) is 3.90. The van der Waals surface area contributed by atoms with Crippen molar-refractivity contribution in [3.05, 3.63) is 64.1 Å². The molecule has 0 spiro atoms. The van der Waals surface area contributed by atoms with Gasteiger partial charge in [0.15, 0.2) is 11.6 Å². The van der Waals surface area contributed by atoms with Gasteiger partial charge in [-0.25, -0.2) is 28.1 Å². The Kier molecular flexibility index (Phi) is 4.36. The molecule has 0 radical (unpaired) electrons. The summed E-state index contributed by atoms with van der Waals surface area (Å²) in [5.74, 6) is -1.45. The van der Waals surface area contributed by atoms with E-state index in [0.717, 1.165) is 18.5 Å². The Bertz CT molecular complexity index is 1340. The van der Waals surface area contributed by atoms with Crippen LogP contribution in [0.15, 0.2) is 28.9 Å². The number of hydrogen-bond donors (Lipinski definition) is 1. The summed E-state index contributed by atoms with van der Waals surface area (Å²) in [5, 5.41) is 0.451. The number of thiazole rings is 1. The Morgan fingerprint density at radius 3 is 2.88 bits per heavy atom. The summed E-state index contributed by atoms with van der Waals surface area (Å²) in [7, 11) is 0. The quantitative estimate of drug-likeness (QED) is 0.476. The van der Waals surface area contributed by atoms with Crippen LogP contribution in [0.4, 0.5) is 13.2 Å². The lowest BCUT2D eigenvalue weighted by Gasteiger charge is -2.33. The van der Waals surface area contributed by atoms with Crippen LogP contribution in [0.2, 0.25) is 0 Å². The topological polar surface area (TPSA) is 87.9 Å². The number of aromatic nitrogens is 4. The largest absolute Gasteiger partial charge is 0.435 e. The number of carbonyl (C=O) groups excluding carboxylic acids is 1. The molecule has 1 atom stereocenters. The number of benzene rings is 1. The Labute approximate surface area is 183 Å². The van der Waals surface area contributed by atoms with Gasteiger partial charge in [-0.1, -0.05) is 6.07 Å². The number of aromatic amines is 1. The maximum atomic E-state index is 14.3. The molecule has 1 N–H and O–H groups in total. The predicted octanol–water partition coefficient (Wildman–Crippen LogP) is 4.75. The van der Waals surface area contributed by atoms with Crippen molar-refractivity contribution in [1.82, 2.24) is 24.8 Å². The van der Waals surface area contributed by atoms with Crippen LogP contribution in [-0.4, -0.2) is 37.3 Å². The molecule has 3 aromatic heterocycles. The van der Waals surface area contributed by atoms with E-state index >= 15 is 0 Å². The van der Waals surface area contributed by atoms with Crippen LogP contribution < -0.4 is 0 Å². The lowest BCUT2D eigenvalue weighted by atomic mass is 10.0. The van der Waals surface area contributed by atoms with Crippen LogP contribution in [0.3, 0.4) is 0 Å². The van der Waals surface area contributed by atoms with Gasteiger partial charge in [0.2, 0.25) is 5.76 Å². The van der Waals surface area contributed by atoms with Crippen LogP contribution in [0.5, 0.6) is 0 Å². The van der Waals surface area contributed by atoms with Crippen LogP contribution >= 0.6 is 11.3 Å². The van der Waals surface area contributed by atoms with E-state index in [1.54, 1.807) is 12.1 Å². The van der Waals surface area contributed by atoms with Gasteiger partial charge in [0.05, 0.1) is 16.7 Å². The first kappa shape index (κ1) is 19.5. The van der Waals surface area contributed by atoms with Gasteiger partial charge >= 0.3 is 0 Å². The molecule has 0 saturated heterocycles. The van der Waals surface area contributed by atoms with Gasteiger partial charge in [-0.05, 0) is 25.0 Å². The second kappa shape index (κ2) is 7.16. The van der Waals surface area contributed by atoms with E-state index < -0.39 is 35.6 Å². The normalized spacial score (nSPS) is 18.5. The molecule has 164 valence electrons. The molecule has 2 aliphatic rings. The number of nitrogens with zero attached hydrogens (tertiary/aromatic N) is 4. The molecule has 4 heterocycles. The number of carbonyl (C=O) groups is 1. The fraction of sp³-hybridized carbons (Fsp3) is 0.333. The van der Waals surface area contributed by atoms with E-state index in [1.165, 1.54) is 28.6 Å². The van der Waals surface area contributed by atoms with Crippen LogP contribution in [0.1, 0.15) is 69.8 Å². The van der Waals surface area contributed by atoms with E-state index in [4.69, 9.17) is 4.42 Å². The number of oxazole rings is 1. The smallest absolute Gasteiger partial charge is 0.292 e. The number of alkyl halides is 2. The maximum Gasteiger partial charge on any atom is 0.292 e. The zero-order valence-corrected chi connectivity index (χ0v) is 17.3. The molecule has 0 unspecified atom stereocenters. The zero-order chi connectivity index (χ0) is 22.0. The average Bonchev–Trinajstić information content (AvgIpc) is 3.18. The first-order valence-corrected chi connectivity index (χ1v) is 11.0. The highest BCUT2D eigenvalue weighted by molar-refractivity contribution is 7.18. The van der Waals surface area contributed by atoms with Crippen LogP contribution in [-0.2, 0) is 6.42 Å². The Balaban J connectivity index is 1.46. The number of para-hydroxylation sites is 1. The molecule has 1 saturated carbocycles. The Morgan fingerprint density at radius 2 is 2.12 bits per heavy atom. The van der Waals surface area contributed by atoms with Crippen LogP contribution in [0.25, 0.3) is 10.2 Å². The Hall–Kier alpha value is -3.21. The average molecular weight is 459 g/mol. The first-order chi connectivity index (χ1) is 15.5. The third-order valence-electron chi connectivity index (χ3n) is 5.80. The molecular formula is C21H16F3N5O2S.